The number of sulfonamides is 1. The monoisotopic (exact) mass is 338 g/mol. The molecule has 0 aliphatic carbocycles. The SMILES string of the molecule is CNS(=O)(=O)c1cccc2c1CCN(C[C@@H](O)C(F)(F)F)C2. The zero-order valence-electron chi connectivity index (χ0n) is 11.9. The fourth-order valence-electron chi connectivity index (χ4n) is 2.50. The molecule has 2 rings (SSSR count). The Balaban J connectivity index is 2.21. The predicted octanol–water partition coefficient (Wildman–Crippen LogP) is 0.876. The second kappa shape index (κ2) is 6.15. The van der Waals surface area contributed by atoms with Gasteiger partial charge in [-0.25, -0.2) is 13.1 Å². The Morgan fingerprint density at radius 3 is 2.68 bits per heavy atom. The number of halogens is 3. The van der Waals surface area contributed by atoms with Crippen molar-refractivity contribution in [2.24, 2.45) is 0 Å². The highest BCUT2D eigenvalue weighted by Gasteiger charge is 2.39. The van der Waals surface area contributed by atoms with Crippen LogP contribution in [0.5, 0.6) is 0 Å². The molecule has 124 valence electrons. The van der Waals surface area contributed by atoms with Gasteiger partial charge in [0.15, 0.2) is 6.10 Å². The standard InChI is InChI=1S/C13H17F3N2O3S/c1-17-22(20,21)11-4-2-3-9-7-18(6-5-10(9)11)8-12(19)13(14,15)16/h2-4,12,17,19H,5-8H2,1H3/t12-/m1/s1. The molecule has 1 atom stereocenters. The van der Waals surface area contributed by atoms with Gasteiger partial charge < -0.3 is 5.11 Å². The lowest BCUT2D eigenvalue weighted by molar-refractivity contribution is -0.208. The Hall–Kier alpha value is -1.16. The Bertz CT molecular complexity index is 646. The largest absolute Gasteiger partial charge is 0.415 e. The van der Waals surface area contributed by atoms with Crippen LogP contribution in [0.15, 0.2) is 23.1 Å². The normalized spacial score (nSPS) is 18.0. The highest BCUT2D eigenvalue weighted by atomic mass is 32.2. The van der Waals surface area contributed by atoms with E-state index in [-0.39, 0.29) is 18.0 Å². The zero-order valence-corrected chi connectivity index (χ0v) is 12.7. The van der Waals surface area contributed by atoms with Crippen molar-refractivity contribution in [2.45, 2.75) is 30.1 Å². The van der Waals surface area contributed by atoms with Crippen molar-refractivity contribution in [2.75, 3.05) is 20.1 Å². The average molecular weight is 338 g/mol. The van der Waals surface area contributed by atoms with E-state index in [1.807, 2.05) is 0 Å². The van der Waals surface area contributed by atoms with Gasteiger partial charge >= 0.3 is 6.18 Å². The summed E-state index contributed by atoms with van der Waals surface area (Å²) in [7, 11) is -2.29. The Labute approximate surface area is 126 Å². The van der Waals surface area contributed by atoms with Gasteiger partial charge in [-0.05, 0) is 30.7 Å². The highest BCUT2D eigenvalue weighted by molar-refractivity contribution is 7.89. The molecule has 0 spiro atoms. The molecule has 0 saturated heterocycles. The molecule has 0 fully saturated rings. The minimum absolute atomic E-state index is 0.156. The lowest BCUT2D eigenvalue weighted by Crippen LogP contribution is -2.43. The van der Waals surface area contributed by atoms with Gasteiger partial charge in [0.1, 0.15) is 0 Å². The van der Waals surface area contributed by atoms with Crippen LogP contribution in [-0.2, 0) is 23.0 Å². The van der Waals surface area contributed by atoms with Crippen LogP contribution in [-0.4, -0.2) is 50.8 Å². The van der Waals surface area contributed by atoms with Gasteiger partial charge in [-0.15, -0.1) is 0 Å². The first-order valence-corrected chi connectivity index (χ1v) is 8.15. The molecular weight excluding hydrogens is 321 g/mol. The number of nitrogens with one attached hydrogen (secondary N) is 1. The van der Waals surface area contributed by atoms with Crippen molar-refractivity contribution in [3.63, 3.8) is 0 Å². The number of hydrogen-bond acceptors (Lipinski definition) is 4. The molecule has 1 aromatic carbocycles. The maximum absolute atomic E-state index is 12.4. The molecule has 0 unspecified atom stereocenters. The number of nitrogens with zero attached hydrogens (tertiary/aromatic N) is 1. The number of benzene rings is 1. The van der Waals surface area contributed by atoms with Crippen molar-refractivity contribution in [3.8, 4) is 0 Å². The summed E-state index contributed by atoms with van der Waals surface area (Å²) >= 11 is 0. The van der Waals surface area contributed by atoms with E-state index in [1.165, 1.54) is 18.0 Å². The number of hydrogen-bond donors (Lipinski definition) is 2. The van der Waals surface area contributed by atoms with Crippen LogP contribution in [0, 0.1) is 0 Å². The van der Waals surface area contributed by atoms with E-state index in [1.54, 1.807) is 12.1 Å². The number of aliphatic hydroxyl groups excluding tert-OH is 1. The summed E-state index contributed by atoms with van der Waals surface area (Å²) in [5, 5.41) is 9.14. The molecule has 0 saturated carbocycles. The third-order valence-electron chi connectivity index (χ3n) is 3.67. The van der Waals surface area contributed by atoms with Crippen molar-refractivity contribution >= 4 is 10.0 Å². The van der Waals surface area contributed by atoms with Crippen molar-refractivity contribution in [1.82, 2.24) is 9.62 Å². The molecule has 1 aliphatic rings. The van der Waals surface area contributed by atoms with Gasteiger partial charge in [0.2, 0.25) is 10.0 Å². The second-order valence-electron chi connectivity index (χ2n) is 5.14. The maximum Gasteiger partial charge on any atom is 0.415 e. The van der Waals surface area contributed by atoms with E-state index in [9.17, 15) is 21.6 Å². The van der Waals surface area contributed by atoms with Crippen LogP contribution < -0.4 is 4.72 Å². The van der Waals surface area contributed by atoms with Gasteiger partial charge in [0.05, 0.1) is 4.90 Å². The summed E-state index contributed by atoms with van der Waals surface area (Å²) in [6, 6.07) is 4.73. The summed E-state index contributed by atoms with van der Waals surface area (Å²) in [4.78, 5) is 1.62. The number of alkyl halides is 3. The molecule has 1 aliphatic heterocycles. The van der Waals surface area contributed by atoms with E-state index < -0.39 is 28.8 Å². The smallest absolute Gasteiger partial charge is 0.382 e. The minimum atomic E-state index is -4.66. The van der Waals surface area contributed by atoms with Crippen molar-refractivity contribution in [1.29, 1.82) is 0 Å². The molecule has 9 heteroatoms. The van der Waals surface area contributed by atoms with E-state index in [0.717, 1.165) is 0 Å². The van der Waals surface area contributed by atoms with Crippen LogP contribution in [0.4, 0.5) is 13.2 Å². The molecule has 22 heavy (non-hydrogen) atoms. The highest BCUT2D eigenvalue weighted by Crippen LogP contribution is 2.27. The van der Waals surface area contributed by atoms with Crippen LogP contribution in [0.25, 0.3) is 0 Å². The van der Waals surface area contributed by atoms with Crippen molar-refractivity contribution in [3.05, 3.63) is 29.3 Å². The summed E-state index contributed by atoms with van der Waals surface area (Å²) < 4.78 is 63.3. The molecule has 0 amide bonds. The second-order valence-corrected chi connectivity index (χ2v) is 7.00. The molecule has 2 N–H and O–H groups in total. The van der Waals surface area contributed by atoms with E-state index >= 15 is 0 Å². The summed E-state index contributed by atoms with van der Waals surface area (Å²) in [6.07, 6.45) is -6.74. The first-order chi connectivity index (χ1) is 10.1. The third kappa shape index (κ3) is 3.60. The molecule has 0 bridgehead atoms. The van der Waals surface area contributed by atoms with Crippen LogP contribution in [0.3, 0.4) is 0 Å². The average Bonchev–Trinajstić information content (AvgIpc) is 2.45. The Morgan fingerprint density at radius 2 is 2.09 bits per heavy atom. The Morgan fingerprint density at radius 1 is 1.41 bits per heavy atom. The fraction of sp³-hybridized carbons (Fsp3) is 0.538. The quantitative estimate of drug-likeness (QED) is 0.855. The lowest BCUT2D eigenvalue weighted by Gasteiger charge is -2.31. The molecule has 1 heterocycles. The van der Waals surface area contributed by atoms with Crippen LogP contribution >= 0.6 is 0 Å². The van der Waals surface area contributed by atoms with Crippen LogP contribution in [0.1, 0.15) is 11.1 Å². The number of rotatable bonds is 4. The zero-order chi connectivity index (χ0) is 16.5. The van der Waals surface area contributed by atoms with E-state index in [0.29, 0.717) is 17.5 Å². The summed E-state index contributed by atoms with van der Waals surface area (Å²) in [5.41, 5.74) is 1.28. The molecule has 1 aromatic rings. The third-order valence-corrected chi connectivity index (χ3v) is 5.17. The molecule has 5 nitrogen and oxygen atoms in total. The van der Waals surface area contributed by atoms with Crippen molar-refractivity contribution < 1.29 is 26.7 Å². The molecular formula is C13H17F3N2O3S. The summed E-state index contributed by atoms with van der Waals surface area (Å²) in [6.45, 7) is -0.0854. The maximum atomic E-state index is 12.4. The lowest BCUT2D eigenvalue weighted by atomic mass is 9.99. The first kappa shape index (κ1) is 17.2. The van der Waals surface area contributed by atoms with Gasteiger partial charge in [-0.1, -0.05) is 12.1 Å². The Kier molecular flexibility index (Phi) is 4.81. The topological polar surface area (TPSA) is 69.6 Å². The fourth-order valence-corrected chi connectivity index (χ4v) is 3.53. The number of β-amino-alcohol motifs (C(OH)–C–C–N with tert-alkyl or cyclic N) is 1. The minimum Gasteiger partial charge on any atom is -0.382 e. The summed E-state index contributed by atoms with van der Waals surface area (Å²) in [5.74, 6) is 0. The van der Waals surface area contributed by atoms with Gasteiger partial charge in [-0.3, -0.25) is 4.90 Å². The molecule has 0 aromatic heterocycles. The number of fused-ring (bicyclic) bond motifs is 1. The van der Waals surface area contributed by atoms with Crippen LogP contribution in [0.2, 0.25) is 0 Å². The van der Waals surface area contributed by atoms with E-state index in [2.05, 4.69) is 4.72 Å². The van der Waals surface area contributed by atoms with Gasteiger partial charge in [0.25, 0.3) is 0 Å². The van der Waals surface area contributed by atoms with Gasteiger partial charge in [-0.2, -0.15) is 13.2 Å². The predicted molar refractivity (Wildman–Crippen MR) is 73.7 cm³/mol. The van der Waals surface area contributed by atoms with E-state index in [4.69, 9.17) is 5.11 Å². The number of aliphatic hydroxyl groups is 1. The van der Waals surface area contributed by atoms with Gasteiger partial charge in [0, 0.05) is 19.6 Å². The first-order valence-electron chi connectivity index (χ1n) is 6.66. The molecule has 0 radical (unpaired) electrons.